The zero-order valence-electron chi connectivity index (χ0n) is 10.6. The van der Waals surface area contributed by atoms with Crippen LogP contribution in [-0.4, -0.2) is 11.2 Å². The first kappa shape index (κ1) is 14.0. The molecule has 0 aliphatic rings. The summed E-state index contributed by atoms with van der Waals surface area (Å²) < 4.78 is 0. The van der Waals surface area contributed by atoms with E-state index in [1.165, 1.54) is 19.3 Å². The van der Waals surface area contributed by atoms with Crippen molar-refractivity contribution in [2.24, 2.45) is 17.8 Å². The highest BCUT2D eigenvalue weighted by Gasteiger charge is 2.20. The molecule has 0 rings (SSSR count). The van der Waals surface area contributed by atoms with E-state index >= 15 is 0 Å². The highest BCUT2D eigenvalue weighted by molar-refractivity contribution is 4.71. The third-order valence-corrected chi connectivity index (χ3v) is 2.69. The number of rotatable bonds is 7. The van der Waals surface area contributed by atoms with E-state index in [0.29, 0.717) is 17.8 Å². The highest BCUT2D eigenvalue weighted by atomic mass is 16.3. The van der Waals surface area contributed by atoms with Gasteiger partial charge < -0.3 is 5.11 Å². The number of hydrogen-bond acceptors (Lipinski definition) is 1. The van der Waals surface area contributed by atoms with Gasteiger partial charge in [-0.1, -0.05) is 41.0 Å². The Balaban J connectivity index is 4.03. The Morgan fingerprint density at radius 2 is 1.43 bits per heavy atom. The molecule has 0 spiro atoms. The highest BCUT2D eigenvalue weighted by Crippen LogP contribution is 2.24. The molecule has 0 saturated heterocycles. The zero-order valence-corrected chi connectivity index (χ0v) is 10.6. The van der Waals surface area contributed by atoms with E-state index in [2.05, 4.69) is 34.6 Å². The van der Waals surface area contributed by atoms with Crippen LogP contribution in [0.15, 0.2) is 0 Å². The molecule has 14 heavy (non-hydrogen) atoms. The lowest BCUT2D eigenvalue weighted by Crippen LogP contribution is -2.23. The zero-order chi connectivity index (χ0) is 11.1. The van der Waals surface area contributed by atoms with Crippen LogP contribution in [-0.2, 0) is 0 Å². The van der Waals surface area contributed by atoms with Gasteiger partial charge in [-0.15, -0.1) is 0 Å². The molecule has 0 bridgehead atoms. The van der Waals surface area contributed by atoms with Crippen LogP contribution in [0.3, 0.4) is 0 Å². The predicted molar refractivity (Wildman–Crippen MR) is 63.3 cm³/mol. The molecule has 86 valence electrons. The molecular formula is C13H28O. The molecule has 0 aliphatic heterocycles. The largest absolute Gasteiger partial charge is 0.393 e. The van der Waals surface area contributed by atoms with Crippen molar-refractivity contribution in [2.45, 2.75) is 66.4 Å². The fourth-order valence-corrected chi connectivity index (χ4v) is 2.12. The first-order valence-corrected chi connectivity index (χ1v) is 6.15. The molecule has 0 radical (unpaired) electrons. The Morgan fingerprint density at radius 1 is 0.929 bits per heavy atom. The van der Waals surface area contributed by atoms with E-state index in [0.717, 1.165) is 6.42 Å². The summed E-state index contributed by atoms with van der Waals surface area (Å²) in [5.74, 6) is 1.83. The summed E-state index contributed by atoms with van der Waals surface area (Å²) in [6.45, 7) is 11.0. The molecule has 0 aromatic heterocycles. The Morgan fingerprint density at radius 3 is 1.79 bits per heavy atom. The van der Waals surface area contributed by atoms with Gasteiger partial charge in [0, 0.05) is 0 Å². The van der Waals surface area contributed by atoms with E-state index in [-0.39, 0.29) is 6.10 Å². The standard InChI is InChI=1S/C13H28O/c1-6-7-12(8-10(2)3)13(14)9-11(4)5/h10-14H,6-9H2,1-5H3. The number of hydrogen-bond donors (Lipinski definition) is 1. The summed E-state index contributed by atoms with van der Waals surface area (Å²) in [7, 11) is 0. The quantitative estimate of drug-likeness (QED) is 0.661. The van der Waals surface area contributed by atoms with Gasteiger partial charge in [0.25, 0.3) is 0 Å². The van der Waals surface area contributed by atoms with Crippen molar-refractivity contribution in [1.82, 2.24) is 0 Å². The molecule has 1 N–H and O–H groups in total. The first-order valence-electron chi connectivity index (χ1n) is 6.15. The Kier molecular flexibility index (Phi) is 7.26. The van der Waals surface area contributed by atoms with E-state index in [1.807, 2.05) is 0 Å². The van der Waals surface area contributed by atoms with Crippen LogP contribution < -0.4 is 0 Å². The van der Waals surface area contributed by atoms with Crippen molar-refractivity contribution in [2.75, 3.05) is 0 Å². The van der Waals surface area contributed by atoms with Gasteiger partial charge in [0.2, 0.25) is 0 Å². The second-order valence-electron chi connectivity index (χ2n) is 5.38. The molecule has 2 atom stereocenters. The minimum Gasteiger partial charge on any atom is -0.393 e. The molecule has 0 aromatic rings. The minimum atomic E-state index is -0.0858. The lowest BCUT2D eigenvalue weighted by atomic mass is 9.85. The molecule has 1 heteroatoms. The summed E-state index contributed by atoms with van der Waals surface area (Å²) >= 11 is 0. The van der Waals surface area contributed by atoms with E-state index in [9.17, 15) is 5.11 Å². The Labute approximate surface area is 89.9 Å². The molecule has 0 amide bonds. The normalized spacial score (nSPS) is 16.3. The van der Waals surface area contributed by atoms with Gasteiger partial charge in [0.1, 0.15) is 0 Å². The summed E-state index contributed by atoms with van der Waals surface area (Å²) in [6.07, 6.45) is 4.40. The van der Waals surface area contributed by atoms with Gasteiger partial charge in [-0.25, -0.2) is 0 Å². The molecular weight excluding hydrogens is 172 g/mol. The van der Waals surface area contributed by atoms with Gasteiger partial charge in [-0.3, -0.25) is 0 Å². The fourth-order valence-electron chi connectivity index (χ4n) is 2.12. The van der Waals surface area contributed by atoms with Crippen LogP contribution >= 0.6 is 0 Å². The van der Waals surface area contributed by atoms with Crippen LogP contribution in [0.2, 0.25) is 0 Å². The van der Waals surface area contributed by atoms with Crippen LogP contribution in [0.1, 0.15) is 60.3 Å². The van der Waals surface area contributed by atoms with E-state index in [4.69, 9.17) is 0 Å². The van der Waals surface area contributed by atoms with Crippen molar-refractivity contribution in [3.63, 3.8) is 0 Å². The van der Waals surface area contributed by atoms with Crippen molar-refractivity contribution in [1.29, 1.82) is 0 Å². The van der Waals surface area contributed by atoms with Gasteiger partial charge in [0.05, 0.1) is 6.10 Å². The summed E-state index contributed by atoms with van der Waals surface area (Å²) in [6, 6.07) is 0. The van der Waals surface area contributed by atoms with Crippen LogP contribution in [0.25, 0.3) is 0 Å². The summed E-state index contributed by atoms with van der Waals surface area (Å²) in [5, 5.41) is 10.1. The molecule has 0 heterocycles. The van der Waals surface area contributed by atoms with Crippen molar-refractivity contribution in [3.8, 4) is 0 Å². The molecule has 0 fully saturated rings. The molecule has 0 saturated carbocycles. The Hall–Kier alpha value is -0.0400. The SMILES string of the molecule is CCCC(CC(C)C)C(O)CC(C)C. The minimum absolute atomic E-state index is 0.0858. The first-order chi connectivity index (χ1) is 6.47. The van der Waals surface area contributed by atoms with Gasteiger partial charge in [-0.2, -0.15) is 0 Å². The predicted octanol–water partition coefficient (Wildman–Crippen LogP) is 3.86. The maximum atomic E-state index is 10.1. The van der Waals surface area contributed by atoms with E-state index < -0.39 is 0 Å². The van der Waals surface area contributed by atoms with Gasteiger partial charge in [-0.05, 0) is 37.0 Å². The fraction of sp³-hybridized carbons (Fsp3) is 1.00. The second kappa shape index (κ2) is 7.28. The average Bonchev–Trinajstić information content (AvgIpc) is 2.01. The van der Waals surface area contributed by atoms with Crippen LogP contribution in [0, 0.1) is 17.8 Å². The Bertz CT molecular complexity index is 129. The van der Waals surface area contributed by atoms with Crippen LogP contribution in [0.4, 0.5) is 0 Å². The molecule has 1 nitrogen and oxygen atoms in total. The topological polar surface area (TPSA) is 20.2 Å². The third kappa shape index (κ3) is 6.42. The maximum Gasteiger partial charge on any atom is 0.0570 e. The van der Waals surface area contributed by atoms with Gasteiger partial charge >= 0.3 is 0 Å². The maximum absolute atomic E-state index is 10.1. The number of aliphatic hydroxyl groups is 1. The molecule has 0 aromatic carbocycles. The molecule has 0 aliphatic carbocycles. The van der Waals surface area contributed by atoms with E-state index in [1.54, 1.807) is 0 Å². The van der Waals surface area contributed by atoms with Crippen molar-refractivity contribution in [3.05, 3.63) is 0 Å². The number of aliphatic hydroxyl groups excluding tert-OH is 1. The third-order valence-electron chi connectivity index (χ3n) is 2.69. The van der Waals surface area contributed by atoms with Crippen molar-refractivity contribution >= 4 is 0 Å². The van der Waals surface area contributed by atoms with Crippen LogP contribution in [0.5, 0.6) is 0 Å². The van der Waals surface area contributed by atoms with Gasteiger partial charge in [0.15, 0.2) is 0 Å². The lowest BCUT2D eigenvalue weighted by molar-refractivity contribution is 0.0702. The second-order valence-corrected chi connectivity index (χ2v) is 5.38. The average molecular weight is 200 g/mol. The summed E-state index contributed by atoms with van der Waals surface area (Å²) in [5.41, 5.74) is 0. The monoisotopic (exact) mass is 200 g/mol. The lowest BCUT2D eigenvalue weighted by Gasteiger charge is -2.25. The van der Waals surface area contributed by atoms with Crippen molar-refractivity contribution < 1.29 is 5.11 Å². The summed E-state index contributed by atoms with van der Waals surface area (Å²) in [4.78, 5) is 0. The molecule has 2 unspecified atom stereocenters. The smallest absolute Gasteiger partial charge is 0.0570 e.